The summed E-state index contributed by atoms with van der Waals surface area (Å²) in [6, 6.07) is 56.2. The fraction of sp³-hybridized carbons (Fsp3) is 0.189. The summed E-state index contributed by atoms with van der Waals surface area (Å²) >= 11 is 2.19. The monoisotopic (exact) mass is 510 g/mol. The summed E-state index contributed by atoms with van der Waals surface area (Å²) in [7, 11) is 0. The second-order valence-electron chi connectivity index (χ2n) is 10.5. The van der Waals surface area contributed by atoms with Crippen molar-refractivity contribution in [2.45, 2.75) is 41.1 Å². The molecule has 5 aromatic carbocycles. The average Bonchev–Trinajstić information content (AvgIpc) is 3.31. The third kappa shape index (κ3) is 4.61. The Bertz CT molecular complexity index is 1420. The zero-order valence-corrected chi connectivity index (χ0v) is 22.7. The number of rotatable bonds is 7. The summed E-state index contributed by atoms with van der Waals surface area (Å²) < 4.78 is -0.153. The van der Waals surface area contributed by atoms with E-state index in [0.29, 0.717) is 23.0 Å². The summed E-state index contributed by atoms with van der Waals surface area (Å²) in [6.07, 6.45) is 0.990. The van der Waals surface area contributed by atoms with Gasteiger partial charge in [-0.25, -0.2) is 0 Å². The zero-order valence-electron chi connectivity index (χ0n) is 21.9. The van der Waals surface area contributed by atoms with Crippen LogP contribution in [0.25, 0.3) is 0 Å². The molecule has 0 N–H and O–H groups in total. The van der Waals surface area contributed by atoms with Gasteiger partial charge in [0.25, 0.3) is 0 Å². The first kappa shape index (κ1) is 24.8. The van der Waals surface area contributed by atoms with Gasteiger partial charge in [0.2, 0.25) is 0 Å². The van der Waals surface area contributed by atoms with E-state index >= 15 is 0 Å². The lowest BCUT2D eigenvalue weighted by Gasteiger charge is -2.44. The third-order valence-electron chi connectivity index (χ3n) is 8.28. The van der Waals surface area contributed by atoms with E-state index in [-0.39, 0.29) is 4.75 Å². The lowest BCUT2D eigenvalue weighted by molar-refractivity contribution is 0.381. The maximum atomic E-state index is 2.45. The van der Waals surface area contributed by atoms with Crippen LogP contribution in [0.4, 0.5) is 0 Å². The number of thioether (sulfide) groups is 1. The molecule has 0 amide bonds. The van der Waals surface area contributed by atoms with Crippen LogP contribution in [-0.2, 0) is 11.2 Å². The summed E-state index contributed by atoms with van der Waals surface area (Å²) in [5.74, 6) is 0.994. The highest BCUT2D eigenvalue weighted by molar-refractivity contribution is 8.01. The quantitative estimate of drug-likeness (QED) is 0.210. The van der Waals surface area contributed by atoms with Gasteiger partial charge in [-0.3, -0.25) is 0 Å². The van der Waals surface area contributed by atoms with E-state index in [9.17, 15) is 0 Å². The standard InChI is InChI=1S/C37H34S/c1-28-35(31-21-11-4-12-22-31)36(32-23-13-5-14-24-32)37(38-28,33-25-15-6-16-26-33)34(30-19-9-3-10-20-30)27-29-17-7-2-8-18-29/h2-26,28,34-36H,27H2,1H3/t28?,34-,35?,36-,37?/m0/s1. The van der Waals surface area contributed by atoms with Crippen molar-refractivity contribution in [1.29, 1.82) is 0 Å². The Kier molecular flexibility index (Phi) is 7.20. The minimum absolute atomic E-state index is 0.153. The summed E-state index contributed by atoms with van der Waals surface area (Å²) in [6.45, 7) is 2.45. The Morgan fingerprint density at radius 3 is 1.63 bits per heavy atom. The minimum atomic E-state index is -0.153. The lowest BCUT2D eigenvalue weighted by atomic mass is 9.63. The Labute approximate surface area is 231 Å². The SMILES string of the molecule is CC1SC(c2ccccc2)([C@@H](Cc2ccccc2)c2ccccc2)[C@@H](c2ccccc2)C1c1ccccc1. The normalized spacial score (nSPS) is 23.7. The van der Waals surface area contributed by atoms with Gasteiger partial charge >= 0.3 is 0 Å². The van der Waals surface area contributed by atoms with Gasteiger partial charge in [-0.15, -0.1) is 11.8 Å². The van der Waals surface area contributed by atoms with Crippen molar-refractivity contribution in [2.75, 3.05) is 0 Å². The minimum Gasteiger partial charge on any atom is -0.145 e. The van der Waals surface area contributed by atoms with Crippen LogP contribution in [0.1, 0.15) is 52.5 Å². The Hall–Kier alpha value is -3.55. The van der Waals surface area contributed by atoms with Gasteiger partial charge in [0.1, 0.15) is 0 Å². The van der Waals surface area contributed by atoms with Gasteiger partial charge < -0.3 is 0 Å². The fourth-order valence-electron chi connectivity index (χ4n) is 6.74. The Balaban J connectivity index is 1.64. The van der Waals surface area contributed by atoms with Crippen LogP contribution in [-0.4, -0.2) is 5.25 Å². The van der Waals surface area contributed by atoms with Crippen molar-refractivity contribution >= 4 is 11.8 Å². The highest BCUT2D eigenvalue weighted by Crippen LogP contribution is 2.69. The fourth-order valence-corrected chi connectivity index (χ4v) is 8.91. The number of hydrogen-bond donors (Lipinski definition) is 0. The molecule has 0 nitrogen and oxygen atoms in total. The molecule has 38 heavy (non-hydrogen) atoms. The molecule has 1 aliphatic heterocycles. The molecule has 0 bridgehead atoms. The van der Waals surface area contributed by atoms with E-state index in [1.807, 2.05) is 0 Å². The molecular weight excluding hydrogens is 476 g/mol. The molecule has 0 spiro atoms. The van der Waals surface area contributed by atoms with Crippen LogP contribution in [0.15, 0.2) is 152 Å². The molecule has 1 saturated heterocycles. The Morgan fingerprint density at radius 2 is 1.05 bits per heavy atom. The van der Waals surface area contributed by atoms with Gasteiger partial charge in [0.15, 0.2) is 0 Å². The van der Waals surface area contributed by atoms with Crippen molar-refractivity contribution in [3.05, 3.63) is 179 Å². The van der Waals surface area contributed by atoms with E-state index in [4.69, 9.17) is 0 Å². The summed E-state index contributed by atoms with van der Waals surface area (Å²) in [4.78, 5) is 0. The van der Waals surface area contributed by atoms with Crippen LogP contribution in [0.3, 0.4) is 0 Å². The second kappa shape index (κ2) is 11.1. The van der Waals surface area contributed by atoms with Crippen LogP contribution in [0, 0.1) is 0 Å². The molecular formula is C37H34S. The topological polar surface area (TPSA) is 0 Å². The molecule has 1 heterocycles. The van der Waals surface area contributed by atoms with Gasteiger partial charge in [0, 0.05) is 23.0 Å². The molecule has 0 aromatic heterocycles. The smallest absolute Gasteiger partial charge is 0.0557 e. The van der Waals surface area contributed by atoms with Crippen molar-refractivity contribution in [3.8, 4) is 0 Å². The van der Waals surface area contributed by atoms with Crippen LogP contribution < -0.4 is 0 Å². The van der Waals surface area contributed by atoms with Crippen molar-refractivity contribution in [3.63, 3.8) is 0 Å². The molecule has 0 radical (unpaired) electrons. The van der Waals surface area contributed by atoms with Crippen molar-refractivity contribution in [2.24, 2.45) is 0 Å². The average molecular weight is 511 g/mol. The highest BCUT2D eigenvalue weighted by Gasteiger charge is 2.58. The van der Waals surface area contributed by atoms with Crippen LogP contribution in [0.2, 0.25) is 0 Å². The lowest BCUT2D eigenvalue weighted by Crippen LogP contribution is -2.36. The van der Waals surface area contributed by atoms with Gasteiger partial charge in [-0.05, 0) is 34.2 Å². The predicted molar refractivity (Wildman–Crippen MR) is 163 cm³/mol. The van der Waals surface area contributed by atoms with E-state index < -0.39 is 0 Å². The molecule has 3 unspecified atom stereocenters. The summed E-state index contributed by atoms with van der Waals surface area (Å²) in [5.41, 5.74) is 7.09. The first-order chi connectivity index (χ1) is 18.8. The molecule has 5 atom stereocenters. The molecule has 188 valence electrons. The van der Waals surface area contributed by atoms with E-state index in [1.54, 1.807) is 0 Å². The second-order valence-corrected chi connectivity index (χ2v) is 12.1. The molecule has 1 aliphatic rings. The van der Waals surface area contributed by atoms with Crippen LogP contribution >= 0.6 is 11.8 Å². The van der Waals surface area contributed by atoms with E-state index in [0.717, 1.165) is 6.42 Å². The van der Waals surface area contributed by atoms with Crippen LogP contribution in [0.5, 0.6) is 0 Å². The summed E-state index contributed by atoms with van der Waals surface area (Å²) in [5, 5.41) is 0.449. The zero-order chi connectivity index (χ0) is 25.8. The molecule has 0 aliphatic carbocycles. The maximum absolute atomic E-state index is 2.45. The Morgan fingerprint density at radius 1 is 0.579 bits per heavy atom. The molecule has 5 aromatic rings. The molecule has 1 fully saturated rings. The first-order valence-corrected chi connectivity index (χ1v) is 14.6. The predicted octanol–water partition coefficient (Wildman–Crippen LogP) is 9.61. The maximum Gasteiger partial charge on any atom is 0.0557 e. The molecule has 6 rings (SSSR count). The van der Waals surface area contributed by atoms with Crippen molar-refractivity contribution < 1.29 is 0 Å². The largest absolute Gasteiger partial charge is 0.145 e. The van der Waals surface area contributed by atoms with Gasteiger partial charge in [0.05, 0.1) is 4.75 Å². The number of benzene rings is 5. The van der Waals surface area contributed by atoms with E-state index in [1.165, 1.54) is 27.8 Å². The molecule has 1 heteroatoms. The van der Waals surface area contributed by atoms with Crippen molar-refractivity contribution in [1.82, 2.24) is 0 Å². The molecule has 0 saturated carbocycles. The highest BCUT2D eigenvalue weighted by atomic mass is 32.2. The van der Waals surface area contributed by atoms with Gasteiger partial charge in [-0.2, -0.15) is 0 Å². The number of hydrogen-bond acceptors (Lipinski definition) is 1. The van der Waals surface area contributed by atoms with Gasteiger partial charge in [-0.1, -0.05) is 159 Å². The van der Waals surface area contributed by atoms with E-state index in [2.05, 4.69) is 170 Å². The first-order valence-electron chi connectivity index (χ1n) is 13.7. The third-order valence-corrected chi connectivity index (χ3v) is 10.1.